The Balaban J connectivity index is 1.56. The fraction of sp³-hybridized carbons (Fsp3) is 0.0500. The molecule has 0 saturated heterocycles. The zero-order chi connectivity index (χ0) is 18.8. The molecule has 7 heteroatoms. The van der Waals surface area contributed by atoms with E-state index in [1.165, 1.54) is 12.1 Å². The number of aromatic nitrogens is 1. The zero-order valence-electron chi connectivity index (χ0n) is 14.3. The SMILES string of the molecule is COc1ccc(NC(=O)Oc2ccc3nc4ccc(=O)cc-4oc3c2)cc1. The van der Waals surface area contributed by atoms with Gasteiger partial charge in [0.1, 0.15) is 22.7 Å². The van der Waals surface area contributed by atoms with Gasteiger partial charge >= 0.3 is 6.09 Å². The highest BCUT2D eigenvalue weighted by atomic mass is 16.6. The summed E-state index contributed by atoms with van der Waals surface area (Å²) in [6.07, 6.45) is -0.643. The van der Waals surface area contributed by atoms with Crippen LogP contribution < -0.4 is 20.2 Å². The Hall–Kier alpha value is -3.87. The van der Waals surface area contributed by atoms with E-state index in [-0.39, 0.29) is 11.2 Å². The molecule has 2 aliphatic rings. The minimum absolute atomic E-state index is 0.168. The quantitative estimate of drug-likeness (QED) is 0.556. The number of nitrogens with zero attached hydrogens (tertiary/aromatic N) is 1. The van der Waals surface area contributed by atoms with Gasteiger partial charge < -0.3 is 13.9 Å². The number of fused-ring (bicyclic) bond motifs is 2. The molecule has 0 fully saturated rings. The Kier molecular flexibility index (Phi) is 4.18. The van der Waals surface area contributed by atoms with Crippen molar-refractivity contribution in [1.29, 1.82) is 0 Å². The predicted molar refractivity (Wildman–Crippen MR) is 99.5 cm³/mol. The summed E-state index contributed by atoms with van der Waals surface area (Å²) in [5, 5.41) is 2.62. The van der Waals surface area contributed by atoms with Crippen LogP contribution in [0, 0.1) is 0 Å². The molecule has 1 N–H and O–H groups in total. The fourth-order valence-electron chi connectivity index (χ4n) is 2.57. The van der Waals surface area contributed by atoms with E-state index in [1.807, 2.05) is 0 Å². The van der Waals surface area contributed by atoms with E-state index in [9.17, 15) is 9.59 Å². The van der Waals surface area contributed by atoms with Gasteiger partial charge in [-0.25, -0.2) is 9.78 Å². The molecule has 7 nitrogen and oxygen atoms in total. The first-order valence-corrected chi connectivity index (χ1v) is 8.08. The van der Waals surface area contributed by atoms with Crippen molar-refractivity contribution in [3.63, 3.8) is 0 Å². The van der Waals surface area contributed by atoms with Crippen molar-refractivity contribution in [2.45, 2.75) is 0 Å². The van der Waals surface area contributed by atoms with Gasteiger partial charge in [-0.15, -0.1) is 0 Å². The highest BCUT2D eigenvalue weighted by Gasteiger charge is 2.11. The molecule has 1 amide bonds. The van der Waals surface area contributed by atoms with Crippen LogP contribution in [0.15, 0.2) is 69.9 Å². The predicted octanol–water partition coefficient (Wildman–Crippen LogP) is 3.91. The third-order valence-electron chi connectivity index (χ3n) is 3.87. The van der Waals surface area contributed by atoms with Crippen LogP contribution in [0.1, 0.15) is 0 Å². The molecule has 0 unspecified atom stereocenters. The second kappa shape index (κ2) is 6.80. The van der Waals surface area contributed by atoms with Crippen LogP contribution >= 0.6 is 0 Å². The molecule has 134 valence electrons. The lowest BCUT2D eigenvalue weighted by Gasteiger charge is -2.09. The van der Waals surface area contributed by atoms with Crippen LogP contribution in [-0.2, 0) is 0 Å². The monoisotopic (exact) mass is 362 g/mol. The molecule has 0 atom stereocenters. The first kappa shape index (κ1) is 16.6. The van der Waals surface area contributed by atoms with Crippen molar-refractivity contribution < 1.29 is 18.7 Å². The summed E-state index contributed by atoms with van der Waals surface area (Å²) in [5.74, 6) is 1.34. The largest absolute Gasteiger partial charge is 0.497 e. The van der Waals surface area contributed by atoms with Crippen LogP contribution in [0.4, 0.5) is 10.5 Å². The molecule has 1 heterocycles. The molecule has 0 bridgehead atoms. The van der Waals surface area contributed by atoms with Gasteiger partial charge in [0.2, 0.25) is 0 Å². The number of carbonyl (C=O) groups is 1. The number of anilines is 1. The van der Waals surface area contributed by atoms with Gasteiger partial charge in [-0.3, -0.25) is 10.1 Å². The standard InChI is InChI=1S/C20H14N2O5/c1-25-14-5-2-12(3-6-14)21-20(24)26-15-7-9-17-19(11-15)27-18-10-13(23)4-8-16(18)22-17/h2-11H,1H3,(H,21,24). The van der Waals surface area contributed by atoms with Crippen molar-refractivity contribution >= 4 is 22.9 Å². The average molecular weight is 362 g/mol. The van der Waals surface area contributed by atoms with Gasteiger partial charge in [-0.05, 0) is 48.5 Å². The van der Waals surface area contributed by atoms with Gasteiger partial charge in [0.05, 0.1) is 7.11 Å². The number of hydrogen-bond donors (Lipinski definition) is 1. The van der Waals surface area contributed by atoms with E-state index in [0.29, 0.717) is 34.0 Å². The van der Waals surface area contributed by atoms with E-state index < -0.39 is 6.09 Å². The Labute approximate surface area is 153 Å². The van der Waals surface area contributed by atoms with E-state index >= 15 is 0 Å². The lowest BCUT2D eigenvalue weighted by atomic mass is 10.2. The van der Waals surface area contributed by atoms with Crippen molar-refractivity contribution in [3.8, 4) is 23.0 Å². The minimum atomic E-state index is -0.643. The number of amides is 1. The maximum absolute atomic E-state index is 12.1. The second-order valence-electron chi connectivity index (χ2n) is 5.72. The number of rotatable bonds is 3. The first-order chi connectivity index (χ1) is 13.1. The van der Waals surface area contributed by atoms with Gasteiger partial charge in [0.25, 0.3) is 0 Å². The summed E-state index contributed by atoms with van der Waals surface area (Å²) in [5.41, 5.74) is 1.97. The average Bonchev–Trinajstić information content (AvgIpc) is 2.67. The minimum Gasteiger partial charge on any atom is -0.497 e. The number of benzene rings is 3. The van der Waals surface area contributed by atoms with Crippen molar-refractivity contribution in [3.05, 3.63) is 70.9 Å². The Bertz CT molecular complexity index is 1150. The van der Waals surface area contributed by atoms with Crippen LogP contribution in [0.3, 0.4) is 0 Å². The van der Waals surface area contributed by atoms with Crippen LogP contribution in [0.2, 0.25) is 0 Å². The molecule has 4 rings (SSSR count). The summed E-state index contributed by atoms with van der Waals surface area (Å²) in [7, 11) is 1.57. The molecule has 2 aromatic carbocycles. The number of ether oxygens (including phenoxy) is 2. The molecule has 0 spiro atoms. The Morgan fingerprint density at radius 2 is 1.78 bits per heavy atom. The number of hydrogen-bond acceptors (Lipinski definition) is 6. The molecular formula is C20H14N2O5. The maximum atomic E-state index is 12.1. The molecule has 27 heavy (non-hydrogen) atoms. The zero-order valence-corrected chi connectivity index (χ0v) is 14.3. The summed E-state index contributed by atoms with van der Waals surface area (Å²) in [4.78, 5) is 28.0. The summed E-state index contributed by atoms with van der Waals surface area (Å²) >= 11 is 0. The molecule has 0 saturated carbocycles. The first-order valence-electron chi connectivity index (χ1n) is 8.08. The van der Waals surface area contributed by atoms with Crippen molar-refractivity contribution in [2.24, 2.45) is 0 Å². The van der Waals surface area contributed by atoms with Crippen LogP contribution in [0.25, 0.3) is 22.6 Å². The summed E-state index contributed by atoms with van der Waals surface area (Å²) in [6.45, 7) is 0. The number of nitrogens with one attached hydrogen (secondary N) is 1. The van der Waals surface area contributed by atoms with Gasteiger partial charge in [0, 0.05) is 17.8 Å². The smallest absolute Gasteiger partial charge is 0.417 e. The Morgan fingerprint density at radius 3 is 2.56 bits per heavy atom. The van der Waals surface area contributed by atoms with Crippen LogP contribution in [-0.4, -0.2) is 18.2 Å². The summed E-state index contributed by atoms with van der Waals surface area (Å²) in [6, 6.07) is 16.1. The van der Waals surface area contributed by atoms with Crippen molar-refractivity contribution in [1.82, 2.24) is 4.98 Å². The lowest BCUT2D eigenvalue weighted by Crippen LogP contribution is -2.16. The van der Waals surface area contributed by atoms with Gasteiger partial charge in [-0.1, -0.05) is 0 Å². The Morgan fingerprint density at radius 1 is 1.00 bits per heavy atom. The third-order valence-corrected chi connectivity index (χ3v) is 3.87. The third kappa shape index (κ3) is 3.57. The topological polar surface area (TPSA) is 90.7 Å². The second-order valence-corrected chi connectivity index (χ2v) is 5.72. The highest BCUT2D eigenvalue weighted by Crippen LogP contribution is 2.26. The molecule has 2 aromatic rings. The fourth-order valence-corrected chi connectivity index (χ4v) is 2.57. The molecule has 0 aromatic heterocycles. The summed E-state index contributed by atoms with van der Waals surface area (Å²) < 4.78 is 16.1. The lowest BCUT2D eigenvalue weighted by molar-refractivity contribution is 0.215. The molecular weight excluding hydrogens is 348 g/mol. The molecule has 0 radical (unpaired) electrons. The molecule has 1 aliphatic carbocycles. The number of methoxy groups -OCH3 is 1. The van der Waals surface area contributed by atoms with Crippen molar-refractivity contribution in [2.75, 3.05) is 12.4 Å². The van der Waals surface area contributed by atoms with E-state index in [1.54, 1.807) is 55.6 Å². The number of carbonyl (C=O) groups excluding carboxylic acids is 1. The van der Waals surface area contributed by atoms with E-state index in [0.717, 1.165) is 0 Å². The van der Waals surface area contributed by atoms with E-state index in [2.05, 4.69) is 10.3 Å². The van der Waals surface area contributed by atoms with Crippen LogP contribution in [0.5, 0.6) is 11.5 Å². The van der Waals surface area contributed by atoms with Gasteiger partial charge in [0.15, 0.2) is 16.8 Å². The van der Waals surface area contributed by atoms with Gasteiger partial charge in [-0.2, -0.15) is 0 Å². The van der Waals surface area contributed by atoms with E-state index in [4.69, 9.17) is 13.9 Å². The molecule has 1 aliphatic heterocycles. The maximum Gasteiger partial charge on any atom is 0.417 e. The highest BCUT2D eigenvalue weighted by molar-refractivity contribution is 5.87. The normalized spacial score (nSPS) is 10.7.